The standard InChI is InChI=1S/C13H11ClF2N2O3S/c1-21-8-18(13-4-2-3-5-17-13)22(19,20)12-6-9(14)10(15)7-11(12)16/h2-7H,8H2,1H3. The molecule has 1 heterocycles. The molecule has 0 unspecified atom stereocenters. The Balaban J connectivity index is 2.58. The summed E-state index contributed by atoms with van der Waals surface area (Å²) in [5, 5.41) is -0.502. The van der Waals surface area contributed by atoms with Crippen molar-refractivity contribution in [2.75, 3.05) is 18.1 Å². The molecule has 1 aromatic carbocycles. The van der Waals surface area contributed by atoms with Gasteiger partial charge in [0.05, 0.1) is 5.02 Å². The molecule has 0 saturated carbocycles. The van der Waals surface area contributed by atoms with Crippen molar-refractivity contribution in [1.29, 1.82) is 0 Å². The SMILES string of the molecule is COCN(c1ccccn1)S(=O)(=O)c1cc(Cl)c(F)cc1F. The number of aromatic nitrogens is 1. The highest BCUT2D eigenvalue weighted by Gasteiger charge is 2.29. The zero-order valence-corrected chi connectivity index (χ0v) is 12.9. The van der Waals surface area contributed by atoms with E-state index in [1.54, 1.807) is 12.1 Å². The van der Waals surface area contributed by atoms with Crippen LogP contribution >= 0.6 is 11.6 Å². The Morgan fingerprint density at radius 1 is 1.27 bits per heavy atom. The number of anilines is 1. The summed E-state index contributed by atoms with van der Waals surface area (Å²) in [4.78, 5) is 3.13. The van der Waals surface area contributed by atoms with Gasteiger partial charge >= 0.3 is 0 Å². The first-order valence-electron chi connectivity index (χ1n) is 5.95. The first-order chi connectivity index (χ1) is 10.4. The van der Waals surface area contributed by atoms with Crippen LogP contribution in [0.15, 0.2) is 41.4 Å². The number of benzene rings is 1. The first-order valence-corrected chi connectivity index (χ1v) is 7.77. The predicted octanol–water partition coefficient (Wildman–Crippen LogP) is 2.81. The number of nitrogens with zero attached hydrogens (tertiary/aromatic N) is 2. The second kappa shape index (κ2) is 6.55. The predicted molar refractivity (Wildman–Crippen MR) is 77.1 cm³/mol. The van der Waals surface area contributed by atoms with E-state index < -0.39 is 38.3 Å². The number of ether oxygens (including phenoxy) is 1. The molecule has 22 heavy (non-hydrogen) atoms. The van der Waals surface area contributed by atoms with E-state index >= 15 is 0 Å². The van der Waals surface area contributed by atoms with Gasteiger partial charge in [0.25, 0.3) is 10.0 Å². The highest BCUT2D eigenvalue weighted by molar-refractivity contribution is 7.92. The van der Waals surface area contributed by atoms with Gasteiger partial charge in [-0.25, -0.2) is 26.5 Å². The summed E-state index contributed by atoms with van der Waals surface area (Å²) >= 11 is 5.55. The zero-order chi connectivity index (χ0) is 16.3. The van der Waals surface area contributed by atoms with Gasteiger partial charge < -0.3 is 4.74 Å². The van der Waals surface area contributed by atoms with Gasteiger partial charge in [0.2, 0.25) is 0 Å². The molecule has 0 atom stereocenters. The third kappa shape index (κ3) is 3.18. The molecule has 0 fully saturated rings. The lowest BCUT2D eigenvalue weighted by molar-refractivity contribution is 0.209. The van der Waals surface area contributed by atoms with Crippen LogP contribution in [-0.4, -0.2) is 27.2 Å². The minimum Gasteiger partial charge on any atom is -0.363 e. The lowest BCUT2D eigenvalue weighted by Crippen LogP contribution is -2.34. The summed E-state index contributed by atoms with van der Waals surface area (Å²) in [6.07, 6.45) is 1.38. The van der Waals surface area contributed by atoms with Gasteiger partial charge in [-0.15, -0.1) is 0 Å². The minimum atomic E-state index is -4.37. The lowest BCUT2D eigenvalue weighted by Gasteiger charge is -2.22. The molecule has 0 N–H and O–H groups in total. The lowest BCUT2D eigenvalue weighted by atomic mass is 10.3. The Kier molecular flexibility index (Phi) is 4.94. The molecule has 0 aliphatic rings. The summed E-state index contributed by atoms with van der Waals surface area (Å²) < 4.78 is 57.8. The van der Waals surface area contributed by atoms with E-state index in [1.165, 1.54) is 19.4 Å². The van der Waals surface area contributed by atoms with Crippen LogP contribution in [0.2, 0.25) is 5.02 Å². The maximum absolute atomic E-state index is 13.9. The Hall–Kier alpha value is -1.77. The third-order valence-electron chi connectivity index (χ3n) is 2.69. The molecule has 5 nitrogen and oxygen atoms in total. The van der Waals surface area contributed by atoms with Crippen LogP contribution in [-0.2, 0) is 14.8 Å². The fourth-order valence-electron chi connectivity index (χ4n) is 1.70. The van der Waals surface area contributed by atoms with Crippen molar-refractivity contribution in [3.8, 4) is 0 Å². The summed E-state index contributed by atoms with van der Waals surface area (Å²) in [7, 11) is -3.09. The van der Waals surface area contributed by atoms with Crippen molar-refractivity contribution in [2.24, 2.45) is 0 Å². The number of halogens is 3. The second-order valence-electron chi connectivity index (χ2n) is 4.16. The van der Waals surface area contributed by atoms with Crippen molar-refractivity contribution < 1.29 is 21.9 Å². The quantitative estimate of drug-likeness (QED) is 0.616. The summed E-state index contributed by atoms with van der Waals surface area (Å²) in [5.74, 6) is -2.27. The van der Waals surface area contributed by atoms with Crippen LogP contribution < -0.4 is 4.31 Å². The van der Waals surface area contributed by atoms with E-state index in [0.717, 1.165) is 4.31 Å². The monoisotopic (exact) mass is 348 g/mol. The maximum atomic E-state index is 13.9. The smallest absolute Gasteiger partial charge is 0.270 e. The van der Waals surface area contributed by atoms with Crippen LogP contribution in [0.5, 0.6) is 0 Å². The Bertz CT molecular complexity index is 772. The zero-order valence-electron chi connectivity index (χ0n) is 11.3. The number of hydrogen-bond donors (Lipinski definition) is 0. The molecule has 118 valence electrons. The second-order valence-corrected chi connectivity index (χ2v) is 6.39. The average molecular weight is 349 g/mol. The Morgan fingerprint density at radius 2 is 2.00 bits per heavy atom. The van der Waals surface area contributed by atoms with Crippen LogP contribution in [0.4, 0.5) is 14.6 Å². The molecular weight excluding hydrogens is 338 g/mol. The molecule has 0 radical (unpaired) electrons. The molecule has 2 rings (SSSR count). The largest absolute Gasteiger partial charge is 0.363 e. The maximum Gasteiger partial charge on any atom is 0.270 e. The van der Waals surface area contributed by atoms with Gasteiger partial charge in [-0.2, -0.15) is 0 Å². The van der Waals surface area contributed by atoms with E-state index in [4.69, 9.17) is 16.3 Å². The van der Waals surface area contributed by atoms with Crippen molar-refractivity contribution in [1.82, 2.24) is 4.98 Å². The fraction of sp³-hybridized carbons (Fsp3) is 0.154. The van der Waals surface area contributed by atoms with E-state index in [2.05, 4.69) is 4.98 Å². The summed E-state index contributed by atoms with van der Waals surface area (Å²) in [6, 6.07) is 5.70. The van der Waals surface area contributed by atoms with E-state index in [-0.39, 0.29) is 5.82 Å². The molecule has 0 bridgehead atoms. The van der Waals surface area contributed by atoms with Gasteiger partial charge in [0, 0.05) is 19.4 Å². The van der Waals surface area contributed by atoms with Gasteiger partial charge in [0.15, 0.2) is 0 Å². The molecule has 0 amide bonds. The highest BCUT2D eigenvalue weighted by atomic mass is 35.5. The number of hydrogen-bond acceptors (Lipinski definition) is 4. The molecule has 1 aromatic heterocycles. The molecule has 0 spiro atoms. The highest BCUT2D eigenvalue weighted by Crippen LogP contribution is 2.27. The van der Waals surface area contributed by atoms with E-state index in [1.807, 2.05) is 0 Å². The summed E-state index contributed by atoms with van der Waals surface area (Å²) in [5.41, 5.74) is 0. The molecule has 0 saturated heterocycles. The molecule has 0 aliphatic heterocycles. The van der Waals surface area contributed by atoms with Crippen molar-refractivity contribution in [2.45, 2.75) is 4.90 Å². The van der Waals surface area contributed by atoms with Gasteiger partial charge in [-0.1, -0.05) is 17.7 Å². The van der Waals surface area contributed by atoms with Crippen LogP contribution in [0, 0.1) is 11.6 Å². The topological polar surface area (TPSA) is 59.5 Å². The van der Waals surface area contributed by atoms with Gasteiger partial charge in [-0.3, -0.25) is 0 Å². The Morgan fingerprint density at radius 3 is 2.59 bits per heavy atom. The molecule has 2 aromatic rings. The van der Waals surface area contributed by atoms with Crippen molar-refractivity contribution >= 4 is 27.4 Å². The summed E-state index contributed by atoms with van der Waals surface area (Å²) in [6.45, 7) is -0.395. The van der Waals surface area contributed by atoms with Crippen molar-refractivity contribution in [3.63, 3.8) is 0 Å². The van der Waals surface area contributed by atoms with Crippen molar-refractivity contribution in [3.05, 3.63) is 53.2 Å². The molecular formula is C13H11ClF2N2O3S. The number of methoxy groups -OCH3 is 1. The van der Waals surface area contributed by atoms with Gasteiger partial charge in [-0.05, 0) is 18.2 Å². The fourth-order valence-corrected chi connectivity index (χ4v) is 3.33. The molecule has 0 aliphatic carbocycles. The van der Waals surface area contributed by atoms with Gasteiger partial charge in [0.1, 0.15) is 29.1 Å². The van der Waals surface area contributed by atoms with Crippen LogP contribution in [0.3, 0.4) is 0 Å². The van der Waals surface area contributed by atoms with E-state index in [9.17, 15) is 17.2 Å². The Labute approximate surface area is 131 Å². The van der Waals surface area contributed by atoms with Crippen LogP contribution in [0.1, 0.15) is 0 Å². The minimum absolute atomic E-state index is 0.0317. The van der Waals surface area contributed by atoms with E-state index in [0.29, 0.717) is 12.1 Å². The molecule has 9 heteroatoms. The number of pyridine rings is 1. The first kappa shape index (κ1) is 16.6. The van der Waals surface area contributed by atoms with Crippen LogP contribution in [0.25, 0.3) is 0 Å². The number of sulfonamides is 1. The third-order valence-corrected chi connectivity index (χ3v) is 4.73. The number of rotatable bonds is 5. The normalized spacial score (nSPS) is 11.5. The average Bonchev–Trinajstić information content (AvgIpc) is 2.49.